The van der Waals surface area contributed by atoms with Crippen molar-refractivity contribution in [3.8, 4) is 12.3 Å². The van der Waals surface area contributed by atoms with Crippen LogP contribution in [0.1, 0.15) is 30.5 Å². The van der Waals surface area contributed by atoms with E-state index in [4.69, 9.17) is 6.42 Å². The van der Waals surface area contributed by atoms with Crippen molar-refractivity contribution in [3.63, 3.8) is 0 Å². The molecule has 0 aliphatic rings. The van der Waals surface area contributed by atoms with Crippen molar-refractivity contribution < 1.29 is 0 Å². The Labute approximate surface area is 75.6 Å². The van der Waals surface area contributed by atoms with Gasteiger partial charge in [0.25, 0.3) is 0 Å². The highest BCUT2D eigenvalue weighted by atomic mass is 14.0. The van der Waals surface area contributed by atoms with Crippen LogP contribution in [0.15, 0.2) is 18.2 Å². The number of hydrogen-bond acceptors (Lipinski definition) is 0. The van der Waals surface area contributed by atoms with Crippen LogP contribution in [0.4, 0.5) is 0 Å². The van der Waals surface area contributed by atoms with E-state index >= 15 is 0 Å². The van der Waals surface area contributed by atoms with E-state index in [2.05, 4.69) is 5.92 Å². The van der Waals surface area contributed by atoms with E-state index in [-0.39, 0.29) is 0 Å². The van der Waals surface area contributed by atoms with Crippen molar-refractivity contribution >= 4 is 0 Å². The van der Waals surface area contributed by atoms with Crippen LogP contribution in [0.5, 0.6) is 0 Å². The molecule has 1 aromatic carbocycles. The second-order valence-corrected chi connectivity index (χ2v) is 2.41. The number of benzene rings is 1. The van der Waals surface area contributed by atoms with Gasteiger partial charge in [-0.1, -0.05) is 38.0 Å². The molecular formula is C12H16. The van der Waals surface area contributed by atoms with Crippen LogP contribution in [0.2, 0.25) is 0 Å². The summed E-state index contributed by atoms with van der Waals surface area (Å²) in [4.78, 5) is 0. The van der Waals surface area contributed by atoms with Gasteiger partial charge in [0.05, 0.1) is 0 Å². The summed E-state index contributed by atoms with van der Waals surface area (Å²) in [6, 6.07) is 6.08. The fourth-order valence-corrected chi connectivity index (χ4v) is 1.04. The third kappa shape index (κ3) is 2.43. The summed E-state index contributed by atoms with van der Waals surface area (Å²) in [5.41, 5.74) is 3.40. The summed E-state index contributed by atoms with van der Waals surface area (Å²) in [6.07, 6.45) is 5.30. The lowest BCUT2D eigenvalue weighted by molar-refractivity contribution is 1.35. The first-order valence-electron chi connectivity index (χ1n) is 4.28. The highest BCUT2D eigenvalue weighted by molar-refractivity contribution is 5.44. The zero-order valence-corrected chi connectivity index (χ0v) is 8.31. The van der Waals surface area contributed by atoms with Gasteiger partial charge in [-0.3, -0.25) is 0 Å². The molecule has 0 bridgehead atoms. The number of aryl methyl sites for hydroxylation is 2. The maximum absolute atomic E-state index is 5.30. The van der Waals surface area contributed by atoms with Gasteiger partial charge in [-0.25, -0.2) is 0 Å². The molecule has 0 heterocycles. The van der Waals surface area contributed by atoms with Crippen molar-refractivity contribution in [3.05, 3.63) is 34.9 Å². The first-order chi connectivity index (χ1) is 5.75. The third-order valence-electron chi connectivity index (χ3n) is 1.63. The lowest BCUT2D eigenvalue weighted by Gasteiger charge is -1.99. The van der Waals surface area contributed by atoms with Crippen molar-refractivity contribution in [1.29, 1.82) is 0 Å². The summed E-state index contributed by atoms with van der Waals surface area (Å²) in [5.74, 6) is 2.66. The molecule has 0 amide bonds. The Morgan fingerprint density at radius 2 is 1.50 bits per heavy atom. The molecule has 1 rings (SSSR count). The molecule has 0 saturated heterocycles. The van der Waals surface area contributed by atoms with Crippen molar-refractivity contribution in [2.24, 2.45) is 0 Å². The number of terminal acetylenes is 1. The Morgan fingerprint density at radius 1 is 1.08 bits per heavy atom. The SMILES string of the molecule is C#Cc1c(C)cccc1C.CC. The van der Waals surface area contributed by atoms with Gasteiger partial charge in [-0.05, 0) is 25.0 Å². The molecule has 0 N–H and O–H groups in total. The second-order valence-electron chi connectivity index (χ2n) is 2.41. The molecule has 0 unspecified atom stereocenters. The smallest absolute Gasteiger partial charge is 0.0301 e. The maximum atomic E-state index is 5.30. The fourth-order valence-electron chi connectivity index (χ4n) is 1.04. The molecule has 0 radical (unpaired) electrons. The van der Waals surface area contributed by atoms with E-state index in [0.717, 1.165) is 5.56 Å². The first-order valence-corrected chi connectivity index (χ1v) is 4.28. The summed E-state index contributed by atoms with van der Waals surface area (Å²) in [5, 5.41) is 0. The van der Waals surface area contributed by atoms with Crippen LogP contribution >= 0.6 is 0 Å². The van der Waals surface area contributed by atoms with Gasteiger partial charge in [0, 0.05) is 5.56 Å². The monoisotopic (exact) mass is 160 g/mol. The van der Waals surface area contributed by atoms with Crippen molar-refractivity contribution in [2.75, 3.05) is 0 Å². The van der Waals surface area contributed by atoms with Gasteiger partial charge in [-0.15, -0.1) is 6.42 Å². The fraction of sp³-hybridized carbons (Fsp3) is 0.333. The minimum atomic E-state index is 1.03. The van der Waals surface area contributed by atoms with Gasteiger partial charge in [0.1, 0.15) is 0 Å². The number of hydrogen-bond donors (Lipinski definition) is 0. The molecule has 0 aromatic heterocycles. The molecule has 0 nitrogen and oxygen atoms in total. The van der Waals surface area contributed by atoms with E-state index in [1.807, 2.05) is 45.9 Å². The summed E-state index contributed by atoms with van der Waals surface area (Å²) in [6.45, 7) is 8.06. The third-order valence-corrected chi connectivity index (χ3v) is 1.63. The minimum Gasteiger partial charge on any atom is -0.115 e. The zero-order valence-electron chi connectivity index (χ0n) is 8.31. The largest absolute Gasteiger partial charge is 0.115 e. The molecule has 0 fully saturated rings. The topological polar surface area (TPSA) is 0 Å². The average Bonchev–Trinajstić information content (AvgIpc) is 2.08. The molecule has 12 heavy (non-hydrogen) atoms. The van der Waals surface area contributed by atoms with E-state index < -0.39 is 0 Å². The van der Waals surface area contributed by atoms with E-state index in [9.17, 15) is 0 Å². The second kappa shape index (κ2) is 5.43. The summed E-state index contributed by atoms with van der Waals surface area (Å²) in [7, 11) is 0. The van der Waals surface area contributed by atoms with Gasteiger partial charge < -0.3 is 0 Å². The van der Waals surface area contributed by atoms with Crippen molar-refractivity contribution in [2.45, 2.75) is 27.7 Å². The molecule has 0 aliphatic heterocycles. The predicted molar refractivity (Wildman–Crippen MR) is 55.2 cm³/mol. The van der Waals surface area contributed by atoms with Gasteiger partial charge >= 0.3 is 0 Å². The molecule has 0 spiro atoms. The molecule has 0 saturated carbocycles. The molecule has 64 valence electrons. The molecular weight excluding hydrogens is 144 g/mol. The van der Waals surface area contributed by atoms with Gasteiger partial charge in [-0.2, -0.15) is 0 Å². The van der Waals surface area contributed by atoms with Crippen LogP contribution in [-0.2, 0) is 0 Å². The normalized spacial score (nSPS) is 7.92. The van der Waals surface area contributed by atoms with Crippen LogP contribution in [0.25, 0.3) is 0 Å². The molecule has 0 aliphatic carbocycles. The number of rotatable bonds is 0. The Kier molecular flexibility index (Phi) is 4.88. The Morgan fingerprint density at radius 3 is 1.75 bits per heavy atom. The van der Waals surface area contributed by atoms with Gasteiger partial charge in [0.15, 0.2) is 0 Å². The summed E-state index contributed by atoms with van der Waals surface area (Å²) < 4.78 is 0. The highest BCUT2D eigenvalue weighted by Crippen LogP contribution is 2.10. The maximum Gasteiger partial charge on any atom is 0.0301 e. The van der Waals surface area contributed by atoms with E-state index in [1.165, 1.54) is 11.1 Å². The minimum absolute atomic E-state index is 1.03. The lowest BCUT2D eigenvalue weighted by Crippen LogP contribution is -1.84. The molecule has 0 atom stereocenters. The summed E-state index contributed by atoms with van der Waals surface area (Å²) >= 11 is 0. The van der Waals surface area contributed by atoms with Crippen LogP contribution < -0.4 is 0 Å². The Bertz CT molecular complexity index is 256. The Balaban J connectivity index is 0.000000561. The molecule has 1 aromatic rings. The van der Waals surface area contributed by atoms with Crippen molar-refractivity contribution in [1.82, 2.24) is 0 Å². The standard InChI is InChI=1S/C10H10.C2H6/c1-4-10-8(2)6-5-7-9(10)3;1-2/h1,5-7H,2-3H3;1-2H3. The average molecular weight is 160 g/mol. The van der Waals surface area contributed by atoms with E-state index in [0.29, 0.717) is 0 Å². The van der Waals surface area contributed by atoms with Crippen LogP contribution in [0.3, 0.4) is 0 Å². The van der Waals surface area contributed by atoms with Crippen LogP contribution in [0, 0.1) is 26.2 Å². The zero-order chi connectivity index (χ0) is 9.56. The quantitative estimate of drug-likeness (QED) is 0.511. The lowest BCUT2D eigenvalue weighted by atomic mass is 10.0. The first kappa shape index (κ1) is 10.8. The Hall–Kier alpha value is -1.22. The van der Waals surface area contributed by atoms with E-state index in [1.54, 1.807) is 0 Å². The highest BCUT2D eigenvalue weighted by Gasteiger charge is 1.95. The van der Waals surface area contributed by atoms with Crippen LogP contribution in [-0.4, -0.2) is 0 Å². The van der Waals surface area contributed by atoms with Gasteiger partial charge in [0.2, 0.25) is 0 Å². The predicted octanol–water partition coefficient (Wildman–Crippen LogP) is 3.31. The molecule has 0 heteroatoms.